The van der Waals surface area contributed by atoms with E-state index in [1.54, 1.807) is 36.2 Å². The fourth-order valence-electron chi connectivity index (χ4n) is 6.90. The highest BCUT2D eigenvalue weighted by Crippen LogP contribution is 2.28. The number of benzene rings is 3. The molecule has 1 unspecified atom stereocenters. The fourth-order valence-corrected chi connectivity index (χ4v) is 6.90. The van der Waals surface area contributed by atoms with E-state index in [2.05, 4.69) is 35.5 Å². The van der Waals surface area contributed by atoms with Gasteiger partial charge in [-0.1, -0.05) is 84.4 Å². The van der Waals surface area contributed by atoms with Crippen LogP contribution in [-0.2, 0) is 41.6 Å². The number of methoxy groups -OCH3 is 2. The number of carboxylic acid groups (broad SMARTS) is 3. The lowest BCUT2D eigenvalue weighted by molar-refractivity contribution is -0.142. The molecule has 3 aromatic carbocycles. The van der Waals surface area contributed by atoms with Crippen LogP contribution in [0.4, 0.5) is 10.1 Å². The van der Waals surface area contributed by atoms with Gasteiger partial charge in [0.05, 0.1) is 30.8 Å². The number of carboxylic acids is 3. The number of ether oxygens (including phenoxy) is 2. The van der Waals surface area contributed by atoms with Crippen molar-refractivity contribution in [2.24, 2.45) is 0 Å². The van der Waals surface area contributed by atoms with Crippen LogP contribution in [0.25, 0.3) is 0 Å². The van der Waals surface area contributed by atoms with E-state index in [0.717, 1.165) is 53.6 Å². The summed E-state index contributed by atoms with van der Waals surface area (Å²) < 4.78 is 25.2. The van der Waals surface area contributed by atoms with E-state index >= 15 is 0 Å². The monoisotopic (exact) mass is 848 g/mol. The van der Waals surface area contributed by atoms with Crippen LogP contribution < -0.4 is 4.90 Å². The molecule has 326 valence electrons. The maximum Gasteiger partial charge on any atom is 0.335 e. The van der Waals surface area contributed by atoms with Crippen LogP contribution in [0.15, 0.2) is 72.8 Å². The highest BCUT2D eigenvalue weighted by molar-refractivity contribution is 5.95. The summed E-state index contributed by atoms with van der Waals surface area (Å²) in [4.78, 5) is 59.9. The minimum Gasteiger partial charge on any atom is -0.481 e. The summed E-state index contributed by atoms with van der Waals surface area (Å²) in [5, 5.41) is 26.2. The molecule has 0 bridgehead atoms. The molecular formula is C49H53FN2O10. The summed E-state index contributed by atoms with van der Waals surface area (Å²) in [7, 11) is 3.09. The van der Waals surface area contributed by atoms with Gasteiger partial charge < -0.3 is 34.6 Å². The molecule has 2 amide bonds. The number of carbonyl (C=O) groups is 5. The molecule has 62 heavy (non-hydrogen) atoms. The molecule has 6 rings (SSSR count). The first-order valence-electron chi connectivity index (χ1n) is 20.6. The summed E-state index contributed by atoms with van der Waals surface area (Å²) in [6.07, 6.45) is 4.62. The zero-order chi connectivity index (χ0) is 44.9. The second-order valence-electron chi connectivity index (χ2n) is 14.9. The number of para-hydroxylation sites is 1. The van der Waals surface area contributed by atoms with Gasteiger partial charge in [-0.3, -0.25) is 19.2 Å². The van der Waals surface area contributed by atoms with Crippen molar-refractivity contribution >= 4 is 35.4 Å². The third kappa shape index (κ3) is 15.5. The zero-order valence-corrected chi connectivity index (χ0v) is 35.2. The third-order valence-electron chi connectivity index (χ3n) is 10.3. The van der Waals surface area contributed by atoms with Gasteiger partial charge in [0, 0.05) is 70.4 Å². The number of alkyl halides is 1. The van der Waals surface area contributed by atoms with Crippen LogP contribution in [0, 0.1) is 35.5 Å². The third-order valence-corrected chi connectivity index (χ3v) is 10.3. The normalized spacial score (nSPS) is 18.7. The molecular weight excluding hydrogens is 796 g/mol. The first-order chi connectivity index (χ1) is 29.8. The highest BCUT2D eigenvalue weighted by Gasteiger charge is 2.28. The van der Waals surface area contributed by atoms with Gasteiger partial charge in [-0.05, 0) is 67.1 Å². The zero-order valence-electron chi connectivity index (χ0n) is 35.2. The average Bonchev–Trinajstić information content (AvgIpc) is 3.23. The van der Waals surface area contributed by atoms with Gasteiger partial charge >= 0.3 is 17.9 Å². The lowest BCUT2D eigenvalue weighted by atomic mass is 9.89. The van der Waals surface area contributed by atoms with E-state index in [0.29, 0.717) is 38.9 Å². The van der Waals surface area contributed by atoms with Crippen molar-refractivity contribution in [3.05, 3.63) is 101 Å². The topological polar surface area (TPSA) is 171 Å². The Kier molecular flexibility index (Phi) is 19.2. The molecule has 13 heteroatoms. The Balaban J connectivity index is 0.000000207. The largest absolute Gasteiger partial charge is 0.481 e. The molecule has 3 aliphatic rings. The van der Waals surface area contributed by atoms with Crippen molar-refractivity contribution in [1.29, 1.82) is 0 Å². The molecule has 0 radical (unpaired) electrons. The quantitative estimate of drug-likeness (QED) is 0.163. The van der Waals surface area contributed by atoms with Crippen LogP contribution in [-0.4, -0.2) is 95.1 Å². The first-order valence-corrected chi connectivity index (χ1v) is 20.6. The predicted molar refractivity (Wildman–Crippen MR) is 231 cm³/mol. The minimum atomic E-state index is -1.47. The maximum atomic E-state index is 14.7. The van der Waals surface area contributed by atoms with Gasteiger partial charge in [0.2, 0.25) is 11.8 Å². The minimum absolute atomic E-state index is 0.00236. The molecule has 2 aliphatic heterocycles. The average molecular weight is 849 g/mol. The van der Waals surface area contributed by atoms with Gasteiger partial charge in [0.15, 0.2) is 5.67 Å². The number of carbonyl (C=O) groups excluding carboxylic acids is 2. The van der Waals surface area contributed by atoms with Crippen molar-refractivity contribution in [1.82, 2.24) is 4.90 Å². The second kappa shape index (κ2) is 24.7. The van der Waals surface area contributed by atoms with Crippen LogP contribution >= 0.6 is 0 Å². The van der Waals surface area contributed by atoms with Gasteiger partial charge in [-0.15, -0.1) is 0 Å². The van der Waals surface area contributed by atoms with E-state index in [-0.39, 0.29) is 61.7 Å². The lowest BCUT2D eigenvalue weighted by Crippen LogP contribution is -2.44. The Morgan fingerprint density at radius 2 is 1.45 bits per heavy atom. The van der Waals surface area contributed by atoms with E-state index in [1.165, 1.54) is 12.1 Å². The van der Waals surface area contributed by atoms with Crippen LogP contribution in [0.3, 0.4) is 0 Å². The molecule has 3 atom stereocenters. The van der Waals surface area contributed by atoms with Crippen LogP contribution in [0.2, 0.25) is 0 Å². The first kappa shape index (κ1) is 48.2. The number of rotatable bonds is 12. The molecule has 12 nitrogen and oxygen atoms in total. The number of aromatic carboxylic acids is 1. The number of nitrogens with zero attached hydrogens (tertiary/aromatic N) is 2. The summed E-state index contributed by atoms with van der Waals surface area (Å²) in [6, 6.07) is 21.7. The summed E-state index contributed by atoms with van der Waals surface area (Å²) in [5.41, 5.74) is 3.04. The van der Waals surface area contributed by atoms with E-state index in [4.69, 9.17) is 24.8 Å². The molecule has 1 aliphatic carbocycles. The molecule has 0 spiro atoms. The number of aliphatic carboxylic acids is 2. The van der Waals surface area contributed by atoms with Crippen LogP contribution in [0.5, 0.6) is 0 Å². The summed E-state index contributed by atoms with van der Waals surface area (Å²) >= 11 is 0. The number of hydrogen-bond acceptors (Lipinski definition) is 7. The van der Waals surface area contributed by atoms with E-state index in [9.17, 15) is 28.4 Å². The Hall–Kier alpha value is -6.46. The molecule has 3 N–H and O–H groups in total. The molecule has 0 aromatic heterocycles. The van der Waals surface area contributed by atoms with Gasteiger partial charge in [-0.25, -0.2) is 9.18 Å². The summed E-state index contributed by atoms with van der Waals surface area (Å²) in [6.45, 7) is 1.29. The van der Waals surface area contributed by atoms with Gasteiger partial charge in [0.25, 0.3) is 0 Å². The van der Waals surface area contributed by atoms with E-state index in [1.807, 2.05) is 48.5 Å². The molecule has 0 saturated carbocycles. The smallest absolute Gasteiger partial charge is 0.335 e. The highest BCUT2D eigenvalue weighted by atomic mass is 19.1. The van der Waals surface area contributed by atoms with Gasteiger partial charge in [0.1, 0.15) is 12.2 Å². The Morgan fingerprint density at radius 3 is 2.15 bits per heavy atom. The second-order valence-corrected chi connectivity index (χ2v) is 14.9. The van der Waals surface area contributed by atoms with Crippen molar-refractivity contribution in [2.75, 3.05) is 32.2 Å². The number of amides is 2. The van der Waals surface area contributed by atoms with Crippen LogP contribution in [0.1, 0.15) is 103 Å². The predicted octanol–water partition coefficient (Wildman–Crippen LogP) is 6.91. The fraction of sp³-hybridized carbons (Fsp3) is 0.408. The molecule has 3 aromatic rings. The number of hydrogen-bond donors (Lipinski definition) is 3. The van der Waals surface area contributed by atoms with E-state index < -0.39 is 23.6 Å². The van der Waals surface area contributed by atoms with Crippen molar-refractivity contribution in [3.8, 4) is 35.5 Å². The maximum absolute atomic E-state index is 14.7. The van der Waals surface area contributed by atoms with Crippen molar-refractivity contribution < 1.29 is 53.2 Å². The Labute approximate surface area is 362 Å². The standard InChI is InChI=1S/C20H17NO3.C16H17FO2.C13H19NO5/c22-19(10-5-11-20(23)24)21-14-17-8-2-1-6-15(17)12-13-16-7-3-4-9-18(16)21;17-16(10-4-2-1-3-5-11-16)12-13-6-8-14(9-7-13)15(18)19;1-18-10-5-3-4-8-14(9-11(10)19-2)12(15)6-7-13(16)17/h1-4,6-9H,5,10-11,14H2,(H,23,24);6-9H,1-4,10,12H2,(H,18,19);10-11H,4,6-9H2,1-2H3,(H,16,17)/t;;10-,11-/m..0/s1. The molecule has 0 fully saturated rings. The number of anilines is 1. The summed E-state index contributed by atoms with van der Waals surface area (Å²) in [5.74, 6) is 14.8. The Morgan fingerprint density at radius 1 is 0.758 bits per heavy atom. The number of fused-ring (bicyclic) bond motifs is 2. The Bertz CT molecular complexity index is 2230. The SMILES string of the molecule is CO[C@H]1C#CCCN(C(=O)CCC(=O)O)C[C@@H]1OC.O=C(O)CCCC(=O)N1Cc2ccccc2C#Cc2ccccc21.O=C(O)c1ccc(CC2(F)C#CCCCCC2)cc1. The lowest BCUT2D eigenvalue weighted by Gasteiger charge is -2.30. The number of halogens is 1. The van der Waals surface area contributed by atoms with Crippen molar-refractivity contribution in [2.45, 2.75) is 101 Å². The van der Waals surface area contributed by atoms with Crippen molar-refractivity contribution in [3.63, 3.8) is 0 Å². The molecule has 2 heterocycles. The van der Waals surface area contributed by atoms with Gasteiger partial charge in [-0.2, -0.15) is 0 Å². The molecule has 0 saturated heterocycles.